The van der Waals surface area contributed by atoms with Gasteiger partial charge in [-0.2, -0.15) is 0 Å². The smallest absolute Gasteiger partial charge is 0.220 e. The minimum absolute atomic E-state index is 0.199. The molecule has 1 aromatic heterocycles. The predicted octanol–water partition coefficient (Wildman–Crippen LogP) is 1.90. The van der Waals surface area contributed by atoms with Crippen molar-refractivity contribution in [2.75, 3.05) is 32.8 Å². The van der Waals surface area contributed by atoms with E-state index < -0.39 is 0 Å². The van der Waals surface area contributed by atoms with Crippen LogP contribution in [0, 0.1) is 37.5 Å². The third-order valence-electron chi connectivity index (χ3n) is 6.13. The van der Waals surface area contributed by atoms with Crippen molar-refractivity contribution in [3.05, 3.63) is 17.0 Å². The first-order valence-corrected chi connectivity index (χ1v) is 9.58. The number of ether oxygens (including phenoxy) is 1. The zero-order valence-electron chi connectivity index (χ0n) is 15.3. The number of aryl methyl sites for hydroxylation is 2. The van der Waals surface area contributed by atoms with Crippen molar-refractivity contribution >= 4 is 5.91 Å². The molecular weight excluding hydrogens is 318 g/mol. The second-order valence-electron chi connectivity index (χ2n) is 8.17. The van der Waals surface area contributed by atoms with E-state index in [2.05, 4.69) is 15.4 Å². The van der Waals surface area contributed by atoms with Gasteiger partial charge < -0.3 is 14.6 Å². The second kappa shape index (κ2) is 7.08. The molecule has 6 nitrogen and oxygen atoms in total. The molecule has 1 N–H and O–H groups in total. The molecule has 1 aromatic rings. The van der Waals surface area contributed by atoms with Crippen LogP contribution >= 0.6 is 0 Å². The zero-order chi connectivity index (χ0) is 17.4. The van der Waals surface area contributed by atoms with Gasteiger partial charge in [-0.3, -0.25) is 9.69 Å². The van der Waals surface area contributed by atoms with Crippen LogP contribution in [0.5, 0.6) is 0 Å². The van der Waals surface area contributed by atoms with Crippen LogP contribution in [0.2, 0.25) is 0 Å². The van der Waals surface area contributed by atoms with Crippen LogP contribution in [-0.2, 0) is 16.1 Å². The number of nitrogens with one attached hydrogen (secondary N) is 1. The fourth-order valence-electron chi connectivity index (χ4n) is 4.37. The Labute approximate surface area is 149 Å². The predicted molar refractivity (Wildman–Crippen MR) is 92.9 cm³/mol. The van der Waals surface area contributed by atoms with Crippen molar-refractivity contribution in [1.29, 1.82) is 0 Å². The number of likely N-dealkylation sites (tertiary alicyclic amines) is 1. The topological polar surface area (TPSA) is 67.6 Å². The van der Waals surface area contributed by atoms with E-state index >= 15 is 0 Å². The summed E-state index contributed by atoms with van der Waals surface area (Å²) in [6.07, 6.45) is 3.15. The first-order valence-electron chi connectivity index (χ1n) is 9.58. The molecular formula is C19H29N3O3. The zero-order valence-corrected chi connectivity index (χ0v) is 15.3. The lowest BCUT2D eigenvalue weighted by Gasteiger charge is -2.32. The third-order valence-corrected chi connectivity index (χ3v) is 6.13. The van der Waals surface area contributed by atoms with Gasteiger partial charge in [0.1, 0.15) is 5.76 Å². The van der Waals surface area contributed by atoms with Crippen LogP contribution in [0.3, 0.4) is 0 Å². The summed E-state index contributed by atoms with van der Waals surface area (Å²) in [5.41, 5.74) is 2.19. The molecule has 138 valence electrons. The summed E-state index contributed by atoms with van der Waals surface area (Å²) in [6.45, 7) is 9.35. The average molecular weight is 347 g/mol. The van der Waals surface area contributed by atoms with Gasteiger partial charge >= 0.3 is 0 Å². The van der Waals surface area contributed by atoms with Gasteiger partial charge in [0.2, 0.25) is 5.91 Å². The SMILES string of the molecule is Cc1noc(C)c1CN1C[C@@H]2COC[C@@H](CC(=O)NCC3CC3)[C@@H]2C1. The highest BCUT2D eigenvalue weighted by molar-refractivity contribution is 5.76. The Balaban J connectivity index is 1.34. The summed E-state index contributed by atoms with van der Waals surface area (Å²) in [6, 6.07) is 0. The minimum atomic E-state index is 0.199. The fraction of sp³-hybridized carbons (Fsp3) is 0.789. The van der Waals surface area contributed by atoms with Gasteiger partial charge in [-0.15, -0.1) is 0 Å². The molecule has 1 aliphatic carbocycles. The average Bonchev–Trinajstić information content (AvgIpc) is 3.25. The fourth-order valence-corrected chi connectivity index (χ4v) is 4.37. The molecule has 6 heteroatoms. The van der Waals surface area contributed by atoms with E-state index in [0.29, 0.717) is 24.2 Å². The van der Waals surface area contributed by atoms with Gasteiger partial charge in [-0.05, 0) is 50.4 Å². The maximum Gasteiger partial charge on any atom is 0.220 e. The van der Waals surface area contributed by atoms with Gasteiger partial charge in [0.15, 0.2) is 0 Å². The number of carbonyl (C=O) groups is 1. The van der Waals surface area contributed by atoms with Crippen molar-refractivity contribution in [2.45, 2.75) is 39.7 Å². The molecule has 0 bridgehead atoms. The summed E-state index contributed by atoms with van der Waals surface area (Å²) in [4.78, 5) is 14.7. The number of hydrogen-bond acceptors (Lipinski definition) is 5. The maximum absolute atomic E-state index is 12.3. The van der Waals surface area contributed by atoms with E-state index in [0.717, 1.165) is 56.8 Å². The lowest BCUT2D eigenvalue weighted by atomic mass is 9.81. The number of aromatic nitrogens is 1. The molecule has 0 spiro atoms. The first-order chi connectivity index (χ1) is 12.1. The van der Waals surface area contributed by atoms with Gasteiger partial charge in [0, 0.05) is 38.2 Å². The molecule has 2 saturated heterocycles. The maximum atomic E-state index is 12.3. The van der Waals surface area contributed by atoms with Crippen molar-refractivity contribution in [3.63, 3.8) is 0 Å². The largest absolute Gasteiger partial charge is 0.381 e. The monoisotopic (exact) mass is 347 g/mol. The van der Waals surface area contributed by atoms with Gasteiger partial charge in [0.25, 0.3) is 0 Å². The van der Waals surface area contributed by atoms with Gasteiger partial charge in [-0.25, -0.2) is 0 Å². The number of fused-ring (bicyclic) bond motifs is 1. The van der Waals surface area contributed by atoms with Crippen LogP contribution in [0.1, 0.15) is 36.3 Å². The van der Waals surface area contributed by atoms with Crippen molar-refractivity contribution < 1.29 is 14.1 Å². The lowest BCUT2D eigenvalue weighted by Crippen LogP contribution is -2.38. The Morgan fingerprint density at radius 3 is 2.84 bits per heavy atom. The van der Waals surface area contributed by atoms with Crippen LogP contribution in [0.4, 0.5) is 0 Å². The van der Waals surface area contributed by atoms with Gasteiger partial charge in [0.05, 0.1) is 18.9 Å². The minimum Gasteiger partial charge on any atom is -0.381 e. The summed E-state index contributed by atoms with van der Waals surface area (Å²) in [5, 5.41) is 7.17. The van der Waals surface area contributed by atoms with Crippen LogP contribution in [0.15, 0.2) is 4.52 Å². The Morgan fingerprint density at radius 1 is 1.28 bits per heavy atom. The van der Waals surface area contributed by atoms with Crippen LogP contribution < -0.4 is 5.32 Å². The van der Waals surface area contributed by atoms with Crippen molar-refractivity contribution in [1.82, 2.24) is 15.4 Å². The summed E-state index contributed by atoms with van der Waals surface area (Å²) in [7, 11) is 0. The van der Waals surface area contributed by atoms with E-state index in [1.54, 1.807) is 0 Å². The standard InChI is InChI=1S/C19H29N3O3/c1-12-17(13(2)25-21-12)8-22-7-16-11-24-10-15(18(16)9-22)5-19(23)20-6-14-3-4-14/h14-16,18H,3-11H2,1-2H3,(H,20,23)/t15-,16-,18+/m1/s1. The van der Waals surface area contributed by atoms with E-state index in [1.165, 1.54) is 18.4 Å². The number of nitrogens with zero attached hydrogens (tertiary/aromatic N) is 2. The molecule has 1 amide bonds. The highest BCUT2D eigenvalue weighted by atomic mass is 16.5. The molecule has 3 fully saturated rings. The number of hydrogen-bond donors (Lipinski definition) is 1. The third kappa shape index (κ3) is 3.90. The molecule has 2 aliphatic heterocycles. The number of carbonyl (C=O) groups excluding carboxylic acids is 1. The molecule has 0 aromatic carbocycles. The van der Waals surface area contributed by atoms with E-state index in [9.17, 15) is 4.79 Å². The Hall–Kier alpha value is -1.40. The number of rotatable bonds is 6. The van der Waals surface area contributed by atoms with Crippen molar-refractivity contribution in [2.24, 2.45) is 23.7 Å². The molecule has 3 atom stereocenters. The molecule has 4 rings (SSSR count). The Kier molecular flexibility index (Phi) is 4.82. The Morgan fingerprint density at radius 2 is 2.12 bits per heavy atom. The van der Waals surface area contributed by atoms with Gasteiger partial charge in [-0.1, -0.05) is 5.16 Å². The normalized spacial score (nSPS) is 29.6. The highest BCUT2D eigenvalue weighted by Crippen LogP contribution is 2.36. The molecule has 25 heavy (non-hydrogen) atoms. The second-order valence-corrected chi connectivity index (χ2v) is 8.17. The quantitative estimate of drug-likeness (QED) is 0.851. The highest BCUT2D eigenvalue weighted by Gasteiger charge is 2.41. The molecule has 0 unspecified atom stereocenters. The molecule has 1 saturated carbocycles. The number of amides is 1. The molecule has 3 heterocycles. The van der Waals surface area contributed by atoms with Crippen molar-refractivity contribution in [3.8, 4) is 0 Å². The van der Waals surface area contributed by atoms with E-state index in [-0.39, 0.29) is 5.91 Å². The van der Waals surface area contributed by atoms with Crippen LogP contribution in [0.25, 0.3) is 0 Å². The lowest BCUT2D eigenvalue weighted by molar-refractivity contribution is -0.124. The first kappa shape index (κ1) is 17.0. The Bertz CT molecular complexity index is 606. The van der Waals surface area contributed by atoms with E-state index in [4.69, 9.17) is 9.26 Å². The summed E-state index contributed by atoms with van der Waals surface area (Å²) < 4.78 is 11.1. The molecule has 0 radical (unpaired) electrons. The van der Waals surface area contributed by atoms with Crippen LogP contribution in [-0.4, -0.2) is 48.8 Å². The summed E-state index contributed by atoms with van der Waals surface area (Å²) in [5.74, 6) is 3.28. The molecule has 3 aliphatic rings. The summed E-state index contributed by atoms with van der Waals surface area (Å²) >= 11 is 0. The van der Waals surface area contributed by atoms with E-state index in [1.807, 2.05) is 13.8 Å².